The zero-order valence-electron chi connectivity index (χ0n) is 11.4. The van der Waals surface area contributed by atoms with E-state index in [1.165, 1.54) is 32.1 Å². The van der Waals surface area contributed by atoms with E-state index in [2.05, 4.69) is 31.5 Å². The Morgan fingerprint density at radius 1 is 1.30 bits per heavy atom. The topological polar surface area (TPSA) is 54.0 Å². The predicted octanol–water partition coefficient (Wildman–Crippen LogP) is 3.09. The highest BCUT2D eigenvalue weighted by Crippen LogP contribution is 2.32. The SMILES string of the molecule is O=C(Nc1ncccc1Br)C1CCC2CCCCC2N1. The van der Waals surface area contributed by atoms with Gasteiger partial charge in [0, 0.05) is 12.2 Å². The minimum atomic E-state index is -0.0803. The Labute approximate surface area is 127 Å². The van der Waals surface area contributed by atoms with Gasteiger partial charge in [-0.1, -0.05) is 12.8 Å². The second-order valence-corrected chi connectivity index (χ2v) is 6.63. The fraction of sp³-hybridized carbons (Fsp3) is 0.600. The molecule has 1 amide bonds. The summed E-state index contributed by atoms with van der Waals surface area (Å²) in [6.45, 7) is 0. The quantitative estimate of drug-likeness (QED) is 0.871. The highest BCUT2D eigenvalue weighted by Gasteiger charge is 2.34. The fourth-order valence-electron chi connectivity index (χ4n) is 3.38. The molecular weight excluding hydrogens is 318 g/mol. The molecule has 0 bridgehead atoms. The molecule has 1 aliphatic heterocycles. The molecule has 1 aromatic heterocycles. The van der Waals surface area contributed by atoms with E-state index in [-0.39, 0.29) is 11.9 Å². The van der Waals surface area contributed by atoms with Crippen molar-refractivity contribution >= 4 is 27.7 Å². The largest absolute Gasteiger partial charge is 0.308 e. The molecule has 3 rings (SSSR count). The van der Waals surface area contributed by atoms with Gasteiger partial charge in [-0.2, -0.15) is 0 Å². The van der Waals surface area contributed by atoms with Gasteiger partial charge in [0.05, 0.1) is 10.5 Å². The molecule has 2 N–H and O–H groups in total. The molecule has 1 saturated heterocycles. The first kappa shape index (κ1) is 14.0. The fourth-order valence-corrected chi connectivity index (χ4v) is 3.74. The van der Waals surface area contributed by atoms with Crippen molar-refractivity contribution in [2.45, 2.75) is 50.6 Å². The number of hydrogen-bond donors (Lipinski definition) is 2. The zero-order chi connectivity index (χ0) is 13.9. The lowest BCUT2D eigenvalue weighted by molar-refractivity contribution is -0.119. The number of nitrogens with one attached hydrogen (secondary N) is 2. The number of carbonyl (C=O) groups is 1. The lowest BCUT2D eigenvalue weighted by Gasteiger charge is -2.39. The number of halogens is 1. The Hall–Kier alpha value is -0.940. The summed E-state index contributed by atoms with van der Waals surface area (Å²) in [5.41, 5.74) is 0. The van der Waals surface area contributed by atoms with Crippen molar-refractivity contribution in [1.29, 1.82) is 0 Å². The van der Waals surface area contributed by atoms with Crippen LogP contribution in [0.2, 0.25) is 0 Å². The van der Waals surface area contributed by atoms with Crippen molar-refractivity contribution in [1.82, 2.24) is 10.3 Å². The minimum Gasteiger partial charge on any atom is -0.308 e. The van der Waals surface area contributed by atoms with Crippen LogP contribution in [-0.4, -0.2) is 23.0 Å². The average Bonchev–Trinajstić information content (AvgIpc) is 2.49. The highest BCUT2D eigenvalue weighted by molar-refractivity contribution is 9.10. The first-order chi connectivity index (χ1) is 9.74. The molecule has 2 aliphatic rings. The Bertz CT molecular complexity index is 494. The van der Waals surface area contributed by atoms with Crippen molar-refractivity contribution in [2.24, 2.45) is 5.92 Å². The van der Waals surface area contributed by atoms with Crippen LogP contribution in [0.5, 0.6) is 0 Å². The molecule has 4 nitrogen and oxygen atoms in total. The van der Waals surface area contributed by atoms with Gasteiger partial charge in [0.15, 0.2) is 0 Å². The van der Waals surface area contributed by atoms with Crippen LogP contribution >= 0.6 is 15.9 Å². The predicted molar refractivity (Wildman–Crippen MR) is 82.5 cm³/mol. The van der Waals surface area contributed by atoms with Gasteiger partial charge in [0.2, 0.25) is 5.91 Å². The summed E-state index contributed by atoms with van der Waals surface area (Å²) in [5, 5.41) is 6.46. The highest BCUT2D eigenvalue weighted by atomic mass is 79.9. The van der Waals surface area contributed by atoms with Crippen LogP contribution < -0.4 is 10.6 Å². The van der Waals surface area contributed by atoms with E-state index in [0.717, 1.165) is 16.8 Å². The molecule has 0 spiro atoms. The minimum absolute atomic E-state index is 0.0356. The van der Waals surface area contributed by atoms with E-state index in [0.29, 0.717) is 11.9 Å². The van der Waals surface area contributed by atoms with Crippen molar-refractivity contribution in [3.63, 3.8) is 0 Å². The molecule has 0 radical (unpaired) electrons. The molecule has 1 saturated carbocycles. The molecule has 2 heterocycles. The lowest BCUT2D eigenvalue weighted by atomic mass is 9.77. The summed E-state index contributed by atoms with van der Waals surface area (Å²) >= 11 is 3.41. The van der Waals surface area contributed by atoms with Crippen LogP contribution in [0.25, 0.3) is 0 Å². The molecule has 1 aromatic rings. The summed E-state index contributed by atoms with van der Waals surface area (Å²) < 4.78 is 0.819. The molecule has 108 valence electrons. The van der Waals surface area contributed by atoms with Gasteiger partial charge in [0.1, 0.15) is 5.82 Å². The molecule has 5 heteroatoms. The zero-order valence-corrected chi connectivity index (χ0v) is 13.0. The van der Waals surface area contributed by atoms with Gasteiger partial charge in [0.25, 0.3) is 0 Å². The molecular formula is C15H20BrN3O. The van der Waals surface area contributed by atoms with E-state index in [9.17, 15) is 4.79 Å². The molecule has 3 unspecified atom stereocenters. The van der Waals surface area contributed by atoms with Crippen LogP contribution in [0.4, 0.5) is 5.82 Å². The number of anilines is 1. The van der Waals surface area contributed by atoms with E-state index in [1.807, 2.05) is 12.1 Å². The number of fused-ring (bicyclic) bond motifs is 1. The van der Waals surface area contributed by atoms with Gasteiger partial charge in [-0.25, -0.2) is 4.98 Å². The average molecular weight is 338 g/mol. The Kier molecular flexibility index (Phi) is 4.36. The molecule has 1 aliphatic carbocycles. The van der Waals surface area contributed by atoms with Crippen LogP contribution in [0, 0.1) is 5.92 Å². The standard InChI is InChI=1S/C15H20BrN3O/c16-11-5-3-9-17-14(11)19-15(20)13-8-7-10-4-1-2-6-12(10)18-13/h3,5,9-10,12-13,18H,1-2,4,6-8H2,(H,17,19,20). The summed E-state index contributed by atoms with van der Waals surface area (Å²) in [6.07, 6.45) is 8.94. The second kappa shape index (κ2) is 6.22. The number of piperidine rings is 1. The number of amides is 1. The third kappa shape index (κ3) is 3.04. The summed E-state index contributed by atoms with van der Waals surface area (Å²) in [7, 11) is 0. The normalized spacial score (nSPS) is 29.6. The number of rotatable bonds is 2. The molecule has 20 heavy (non-hydrogen) atoms. The monoisotopic (exact) mass is 337 g/mol. The number of aromatic nitrogens is 1. The first-order valence-corrected chi connectivity index (χ1v) is 8.21. The summed E-state index contributed by atoms with van der Waals surface area (Å²) in [5.74, 6) is 1.41. The van der Waals surface area contributed by atoms with Gasteiger partial charge >= 0.3 is 0 Å². The smallest absolute Gasteiger partial charge is 0.242 e. The first-order valence-electron chi connectivity index (χ1n) is 7.41. The van der Waals surface area contributed by atoms with E-state index in [1.54, 1.807) is 6.20 Å². The second-order valence-electron chi connectivity index (χ2n) is 5.77. The summed E-state index contributed by atoms with van der Waals surface area (Å²) in [4.78, 5) is 16.5. The molecule has 0 aromatic carbocycles. The summed E-state index contributed by atoms with van der Waals surface area (Å²) in [6, 6.07) is 4.17. The maximum atomic E-state index is 12.4. The number of hydrogen-bond acceptors (Lipinski definition) is 3. The van der Waals surface area contributed by atoms with Gasteiger partial charge in [-0.15, -0.1) is 0 Å². The lowest BCUT2D eigenvalue weighted by Crippen LogP contribution is -2.53. The van der Waals surface area contributed by atoms with Crippen molar-refractivity contribution in [3.8, 4) is 0 Å². The van der Waals surface area contributed by atoms with Crippen LogP contribution in [0.3, 0.4) is 0 Å². The molecule has 3 atom stereocenters. The third-order valence-corrected chi connectivity index (χ3v) is 5.11. The van der Waals surface area contributed by atoms with E-state index in [4.69, 9.17) is 0 Å². The van der Waals surface area contributed by atoms with Crippen molar-refractivity contribution in [2.75, 3.05) is 5.32 Å². The van der Waals surface area contributed by atoms with Gasteiger partial charge in [-0.3, -0.25) is 4.79 Å². The number of carbonyl (C=O) groups excluding carboxylic acids is 1. The van der Waals surface area contributed by atoms with Crippen molar-refractivity contribution < 1.29 is 4.79 Å². The van der Waals surface area contributed by atoms with Crippen LogP contribution in [-0.2, 0) is 4.79 Å². The van der Waals surface area contributed by atoms with E-state index < -0.39 is 0 Å². The number of nitrogens with zero attached hydrogens (tertiary/aromatic N) is 1. The Morgan fingerprint density at radius 3 is 3.00 bits per heavy atom. The van der Waals surface area contributed by atoms with Gasteiger partial charge in [-0.05, 0) is 59.7 Å². The Balaban J connectivity index is 1.62. The third-order valence-electron chi connectivity index (χ3n) is 4.47. The maximum absolute atomic E-state index is 12.4. The maximum Gasteiger partial charge on any atom is 0.242 e. The van der Waals surface area contributed by atoms with Crippen LogP contribution in [0.1, 0.15) is 38.5 Å². The number of pyridine rings is 1. The van der Waals surface area contributed by atoms with E-state index >= 15 is 0 Å². The van der Waals surface area contributed by atoms with Crippen LogP contribution in [0.15, 0.2) is 22.8 Å². The molecule has 2 fully saturated rings. The van der Waals surface area contributed by atoms with Gasteiger partial charge < -0.3 is 10.6 Å². The Morgan fingerprint density at radius 2 is 2.15 bits per heavy atom. The van der Waals surface area contributed by atoms with Crippen molar-refractivity contribution in [3.05, 3.63) is 22.8 Å².